The maximum absolute atomic E-state index is 9.00. The molecule has 20 heavy (non-hydrogen) atoms. The molecule has 0 radical (unpaired) electrons. The normalized spacial score (nSPS) is 25.1. The van der Waals surface area contributed by atoms with Crippen molar-refractivity contribution in [3.05, 3.63) is 0 Å². The molecule has 116 valence electrons. The summed E-state index contributed by atoms with van der Waals surface area (Å²) in [5.41, 5.74) is 3.63. The lowest BCUT2D eigenvalue weighted by Crippen LogP contribution is -2.18. The Morgan fingerprint density at radius 2 is 0.950 bits per heavy atom. The van der Waals surface area contributed by atoms with Crippen molar-refractivity contribution in [2.45, 2.75) is 101 Å². The van der Waals surface area contributed by atoms with E-state index >= 15 is 0 Å². The molecule has 3 rings (SSSR count). The average molecular weight is 298 g/mol. The fraction of sp³-hybridized carbons (Fsp3) is 0.941. The molecule has 0 atom stereocenters. The number of hydrogen-bond acceptors (Lipinski definition) is 1. The topological polar surface area (TPSA) is 37.3 Å². The Hall–Kier alpha value is -0.100. The summed E-state index contributed by atoms with van der Waals surface area (Å²) < 4.78 is 0. The van der Waals surface area contributed by atoms with Gasteiger partial charge in [0, 0.05) is 6.92 Å². The second-order valence-corrected chi connectivity index (χ2v) is 9.87. The lowest BCUT2D eigenvalue weighted by molar-refractivity contribution is -0.134. The smallest absolute Gasteiger partial charge is 0.300 e. The number of carboxylic acid groups (broad SMARTS) is 1. The molecule has 3 aliphatic rings. The summed E-state index contributed by atoms with van der Waals surface area (Å²) in [6, 6.07) is 0. The first kappa shape index (κ1) is 16.3. The molecule has 0 amide bonds. The largest absolute Gasteiger partial charge is 0.481 e. The van der Waals surface area contributed by atoms with Crippen LogP contribution >= 0.6 is 7.92 Å². The minimum absolute atomic E-state index is 0.436. The average Bonchev–Trinajstić information content (AvgIpc) is 3.13. The first-order valence-electron chi connectivity index (χ1n) is 8.65. The lowest BCUT2D eigenvalue weighted by atomic mass is 10.3. The number of carbonyl (C=O) groups is 1. The molecule has 0 saturated heterocycles. The van der Waals surface area contributed by atoms with Crippen LogP contribution in [0.4, 0.5) is 0 Å². The van der Waals surface area contributed by atoms with Crippen molar-refractivity contribution in [1.29, 1.82) is 0 Å². The zero-order valence-electron chi connectivity index (χ0n) is 13.0. The predicted molar refractivity (Wildman–Crippen MR) is 87.0 cm³/mol. The van der Waals surface area contributed by atoms with Crippen LogP contribution in [0.5, 0.6) is 0 Å². The highest BCUT2D eigenvalue weighted by Gasteiger charge is 2.38. The van der Waals surface area contributed by atoms with Gasteiger partial charge in [-0.15, -0.1) is 0 Å². The summed E-state index contributed by atoms with van der Waals surface area (Å²) in [6.45, 7) is 1.08. The van der Waals surface area contributed by atoms with Gasteiger partial charge in [-0.2, -0.15) is 0 Å². The SMILES string of the molecule is C1CCC(P(C2CCCC2)C2CCCC2)C1.CC(=O)O. The third-order valence-corrected chi connectivity index (χ3v) is 9.32. The third-order valence-electron chi connectivity index (χ3n) is 5.24. The van der Waals surface area contributed by atoms with E-state index in [0.717, 1.165) is 6.92 Å². The summed E-state index contributed by atoms with van der Waals surface area (Å²) in [5, 5.41) is 7.42. The quantitative estimate of drug-likeness (QED) is 0.709. The monoisotopic (exact) mass is 298 g/mol. The van der Waals surface area contributed by atoms with Crippen molar-refractivity contribution in [3.63, 3.8) is 0 Å². The molecule has 0 aromatic heterocycles. The highest BCUT2D eigenvalue weighted by molar-refractivity contribution is 7.60. The predicted octanol–water partition coefficient (Wildman–Crippen LogP) is 5.39. The van der Waals surface area contributed by atoms with E-state index in [2.05, 4.69) is 0 Å². The standard InChI is InChI=1S/C15H27P.C2H4O2/c1-2-8-13(7-1)16(14-9-3-4-10-14)15-11-5-6-12-15;1-2(3)4/h13-15H,1-12H2;1H3,(H,3,4). The van der Waals surface area contributed by atoms with Crippen molar-refractivity contribution in [3.8, 4) is 0 Å². The summed E-state index contributed by atoms with van der Waals surface area (Å²) in [4.78, 5) is 9.00. The molecule has 0 bridgehead atoms. The second kappa shape index (κ2) is 8.37. The molecule has 0 heterocycles. The van der Waals surface area contributed by atoms with Crippen LogP contribution in [-0.2, 0) is 4.79 Å². The fourth-order valence-corrected chi connectivity index (χ4v) is 9.17. The molecule has 1 N–H and O–H groups in total. The van der Waals surface area contributed by atoms with E-state index in [1.165, 1.54) is 17.0 Å². The molecule has 0 aromatic carbocycles. The Morgan fingerprint density at radius 3 is 1.15 bits per heavy atom. The molecular formula is C17H31O2P. The summed E-state index contributed by atoms with van der Waals surface area (Å²) in [7, 11) is 0.436. The molecule has 0 spiro atoms. The van der Waals surface area contributed by atoms with Gasteiger partial charge < -0.3 is 5.11 Å². The van der Waals surface area contributed by atoms with E-state index in [4.69, 9.17) is 9.90 Å². The molecule has 0 aliphatic heterocycles. The number of hydrogen-bond donors (Lipinski definition) is 1. The molecule has 3 aliphatic carbocycles. The van der Waals surface area contributed by atoms with Gasteiger partial charge in [0.2, 0.25) is 0 Å². The Morgan fingerprint density at radius 1 is 0.750 bits per heavy atom. The van der Waals surface area contributed by atoms with E-state index in [9.17, 15) is 0 Å². The van der Waals surface area contributed by atoms with Gasteiger partial charge in [0.25, 0.3) is 5.97 Å². The van der Waals surface area contributed by atoms with Gasteiger partial charge in [-0.25, -0.2) is 0 Å². The highest BCUT2D eigenvalue weighted by Crippen LogP contribution is 2.63. The van der Waals surface area contributed by atoms with Gasteiger partial charge >= 0.3 is 0 Å². The first-order chi connectivity index (χ1) is 9.68. The Labute approximate surface area is 125 Å². The van der Waals surface area contributed by atoms with Crippen molar-refractivity contribution < 1.29 is 9.90 Å². The van der Waals surface area contributed by atoms with Crippen LogP contribution in [0.25, 0.3) is 0 Å². The van der Waals surface area contributed by atoms with Crippen LogP contribution in [0.2, 0.25) is 0 Å². The Balaban J connectivity index is 0.000000328. The zero-order valence-corrected chi connectivity index (χ0v) is 13.9. The molecule has 0 aromatic rings. The van der Waals surface area contributed by atoms with E-state index < -0.39 is 5.97 Å². The number of carboxylic acids is 1. The van der Waals surface area contributed by atoms with Crippen LogP contribution < -0.4 is 0 Å². The van der Waals surface area contributed by atoms with Crippen LogP contribution in [0.15, 0.2) is 0 Å². The van der Waals surface area contributed by atoms with Gasteiger partial charge in [0.15, 0.2) is 0 Å². The van der Waals surface area contributed by atoms with E-state index in [0.29, 0.717) is 7.92 Å². The summed E-state index contributed by atoms with van der Waals surface area (Å²) >= 11 is 0. The van der Waals surface area contributed by atoms with E-state index in [1.54, 1.807) is 77.0 Å². The Kier molecular flexibility index (Phi) is 6.81. The Bertz CT molecular complexity index is 245. The summed E-state index contributed by atoms with van der Waals surface area (Å²) in [5.74, 6) is -0.833. The van der Waals surface area contributed by atoms with Crippen LogP contribution in [0.1, 0.15) is 84.0 Å². The summed E-state index contributed by atoms with van der Waals surface area (Å²) in [6.07, 6.45) is 19.0. The van der Waals surface area contributed by atoms with Crippen molar-refractivity contribution >= 4 is 13.9 Å². The first-order valence-corrected chi connectivity index (χ1v) is 10.2. The van der Waals surface area contributed by atoms with Crippen LogP contribution in [-0.4, -0.2) is 28.1 Å². The molecule has 3 saturated carbocycles. The zero-order chi connectivity index (χ0) is 14.4. The molecule has 0 unspecified atom stereocenters. The van der Waals surface area contributed by atoms with E-state index in [-0.39, 0.29) is 0 Å². The van der Waals surface area contributed by atoms with Crippen molar-refractivity contribution in [2.75, 3.05) is 0 Å². The van der Waals surface area contributed by atoms with Gasteiger partial charge in [-0.05, 0) is 55.5 Å². The van der Waals surface area contributed by atoms with Gasteiger partial charge in [0.1, 0.15) is 0 Å². The maximum atomic E-state index is 9.00. The molecule has 2 nitrogen and oxygen atoms in total. The van der Waals surface area contributed by atoms with Crippen LogP contribution in [0, 0.1) is 0 Å². The van der Waals surface area contributed by atoms with Gasteiger partial charge in [0.05, 0.1) is 0 Å². The number of aliphatic carboxylic acids is 1. The molecule has 3 heteroatoms. The molecule has 3 fully saturated rings. The van der Waals surface area contributed by atoms with Gasteiger partial charge in [-0.3, -0.25) is 4.79 Å². The maximum Gasteiger partial charge on any atom is 0.300 e. The minimum atomic E-state index is -0.833. The lowest BCUT2D eigenvalue weighted by Gasteiger charge is -2.35. The highest BCUT2D eigenvalue weighted by atomic mass is 31.1. The number of rotatable bonds is 3. The van der Waals surface area contributed by atoms with Crippen molar-refractivity contribution in [2.24, 2.45) is 0 Å². The van der Waals surface area contributed by atoms with Crippen LogP contribution in [0.3, 0.4) is 0 Å². The molecular weight excluding hydrogens is 267 g/mol. The fourth-order valence-electron chi connectivity index (χ4n) is 4.50. The minimum Gasteiger partial charge on any atom is -0.481 e. The third kappa shape index (κ3) is 4.72. The second-order valence-electron chi connectivity index (χ2n) is 6.78. The van der Waals surface area contributed by atoms with Crippen molar-refractivity contribution in [1.82, 2.24) is 0 Å². The van der Waals surface area contributed by atoms with E-state index in [1.807, 2.05) is 0 Å². The van der Waals surface area contributed by atoms with Gasteiger partial charge in [-0.1, -0.05) is 46.4 Å².